The van der Waals surface area contributed by atoms with Crippen LogP contribution in [0, 0.1) is 0 Å². The van der Waals surface area contributed by atoms with Gasteiger partial charge in [0, 0.05) is 18.2 Å². The van der Waals surface area contributed by atoms with Crippen molar-refractivity contribution in [3.05, 3.63) is 57.5 Å². The van der Waals surface area contributed by atoms with Gasteiger partial charge in [-0.2, -0.15) is 4.98 Å². The summed E-state index contributed by atoms with van der Waals surface area (Å²) in [6.07, 6.45) is 2.27. The number of aryl methyl sites for hydroxylation is 2. The monoisotopic (exact) mass is 463 g/mol. The maximum Gasteiger partial charge on any atom is 0.326 e. The Labute approximate surface area is 187 Å². The van der Waals surface area contributed by atoms with Crippen molar-refractivity contribution in [2.45, 2.75) is 31.7 Å². The molecule has 0 spiro atoms. The minimum absolute atomic E-state index is 0. The number of nitrogens with two attached hydrogens (primary N) is 1. The first-order valence-electron chi connectivity index (χ1n) is 9.44. The van der Waals surface area contributed by atoms with E-state index in [1.807, 2.05) is 0 Å². The van der Waals surface area contributed by atoms with Crippen LogP contribution in [0.15, 0.2) is 35.3 Å². The number of amides is 1. The largest absolute Gasteiger partial charge is 0.481 e. The molecule has 0 aliphatic carbocycles. The standard InChI is InChI=1S/C20H21N5O6.ClH/c21-20-24-16-15(18(29)25-20)12(9-22-16)6-3-10-1-4-11(5-2-10)17(28)23-13(19(30)31)7-8-14(26)27;/h1-2,4-5,9,13H,3,6-8H2,(H,23,28)(H,26,27)(H,30,31)(H4,21,22,24,25,29);1H/t13-;/m1./s1. The van der Waals surface area contributed by atoms with Crippen molar-refractivity contribution in [2.24, 2.45) is 0 Å². The fraction of sp³-hybridized carbons (Fsp3) is 0.250. The fourth-order valence-corrected chi connectivity index (χ4v) is 3.19. The molecule has 2 heterocycles. The second-order valence-corrected chi connectivity index (χ2v) is 6.98. The molecule has 0 aliphatic rings. The Balaban J connectivity index is 0.00000363. The van der Waals surface area contributed by atoms with Crippen LogP contribution in [0.2, 0.25) is 0 Å². The van der Waals surface area contributed by atoms with Crippen molar-refractivity contribution in [3.63, 3.8) is 0 Å². The number of aromatic nitrogens is 3. The number of hydrogen-bond acceptors (Lipinski definition) is 6. The van der Waals surface area contributed by atoms with E-state index >= 15 is 0 Å². The lowest BCUT2D eigenvalue weighted by molar-refractivity contribution is -0.140. The highest BCUT2D eigenvalue weighted by Crippen LogP contribution is 2.16. The van der Waals surface area contributed by atoms with E-state index in [1.54, 1.807) is 30.5 Å². The van der Waals surface area contributed by atoms with Gasteiger partial charge in [-0.3, -0.25) is 19.4 Å². The van der Waals surface area contributed by atoms with Crippen molar-refractivity contribution in [2.75, 3.05) is 5.73 Å². The molecule has 0 saturated carbocycles. The topological polar surface area (TPSA) is 191 Å². The Hall–Kier alpha value is -3.86. The molecule has 0 saturated heterocycles. The number of fused-ring (bicyclic) bond motifs is 1. The highest BCUT2D eigenvalue weighted by atomic mass is 35.5. The van der Waals surface area contributed by atoms with Crippen LogP contribution in [0.25, 0.3) is 11.0 Å². The Morgan fingerprint density at radius 1 is 1.12 bits per heavy atom. The van der Waals surface area contributed by atoms with Crippen LogP contribution in [0.1, 0.15) is 34.3 Å². The van der Waals surface area contributed by atoms with Crippen LogP contribution >= 0.6 is 12.4 Å². The number of carboxylic acid groups (broad SMARTS) is 2. The van der Waals surface area contributed by atoms with E-state index in [2.05, 4.69) is 20.3 Å². The summed E-state index contributed by atoms with van der Waals surface area (Å²) in [5.41, 5.74) is 7.59. The number of nitrogens with zero attached hydrogens (tertiary/aromatic N) is 1. The number of aromatic amines is 2. The third-order valence-corrected chi connectivity index (χ3v) is 4.79. The normalized spacial score (nSPS) is 11.5. The molecule has 1 aromatic carbocycles. The lowest BCUT2D eigenvalue weighted by Crippen LogP contribution is -2.41. The Morgan fingerprint density at radius 3 is 2.44 bits per heavy atom. The van der Waals surface area contributed by atoms with Crippen molar-refractivity contribution in [1.29, 1.82) is 0 Å². The van der Waals surface area contributed by atoms with Gasteiger partial charge >= 0.3 is 11.9 Å². The highest BCUT2D eigenvalue weighted by Gasteiger charge is 2.21. The van der Waals surface area contributed by atoms with Crippen LogP contribution in [0.5, 0.6) is 0 Å². The number of carboxylic acids is 2. The summed E-state index contributed by atoms with van der Waals surface area (Å²) in [4.78, 5) is 55.7. The second-order valence-electron chi connectivity index (χ2n) is 6.98. The predicted molar refractivity (Wildman–Crippen MR) is 118 cm³/mol. The Bertz CT molecular complexity index is 1190. The van der Waals surface area contributed by atoms with E-state index in [1.165, 1.54) is 0 Å². The number of benzene rings is 1. The molecule has 0 bridgehead atoms. The molecule has 0 aliphatic heterocycles. The summed E-state index contributed by atoms with van der Waals surface area (Å²) in [5, 5.41) is 20.6. The number of hydrogen-bond donors (Lipinski definition) is 6. The summed E-state index contributed by atoms with van der Waals surface area (Å²) < 4.78 is 0. The summed E-state index contributed by atoms with van der Waals surface area (Å²) in [7, 11) is 0. The molecule has 170 valence electrons. The Kier molecular flexibility index (Phi) is 7.97. The molecule has 0 radical (unpaired) electrons. The minimum atomic E-state index is -1.30. The van der Waals surface area contributed by atoms with E-state index in [4.69, 9.17) is 15.9 Å². The average molecular weight is 464 g/mol. The quantitative estimate of drug-likeness (QED) is 0.271. The van der Waals surface area contributed by atoms with Gasteiger partial charge in [0.2, 0.25) is 5.95 Å². The molecular weight excluding hydrogens is 442 g/mol. The third kappa shape index (κ3) is 5.85. The molecule has 3 aromatic rings. The summed E-state index contributed by atoms with van der Waals surface area (Å²) in [6.45, 7) is 0. The molecule has 1 atom stereocenters. The minimum Gasteiger partial charge on any atom is -0.481 e. The zero-order valence-electron chi connectivity index (χ0n) is 16.8. The zero-order chi connectivity index (χ0) is 22.5. The van der Waals surface area contributed by atoms with Gasteiger partial charge in [0.15, 0.2) is 0 Å². The first kappa shape index (κ1) is 24.4. The number of nitrogen functional groups attached to an aromatic ring is 1. The SMILES string of the molecule is Cl.Nc1nc2[nH]cc(CCc3ccc(C(=O)N[C@H](CCC(=O)O)C(=O)O)cc3)c2c(=O)[nH]1. The number of carbonyl (C=O) groups is 3. The lowest BCUT2D eigenvalue weighted by atomic mass is 10.0. The lowest BCUT2D eigenvalue weighted by Gasteiger charge is -2.13. The summed E-state index contributed by atoms with van der Waals surface area (Å²) in [6, 6.07) is 5.30. The number of aliphatic carboxylic acids is 2. The third-order valence-electron chi connectivity index (χ3n) is 4.79. The van der Waals surface area contributed by atoms with Gasteiger partial charge in [-0.1, -0.05) is 12.1 Å². The van der Waals surface area contributed by atoms with Gasteiger partial charge in [0.05, 0.1) is 5.39 Å². The summed E-state index contributed by atoms with van der Waals surface area (Å²) in [5.74, 6) is -3.00. The molecule has 12 heteroatoms. The van der Waals surface area contributed by atoms with Crippen LogP contribution in [-0.4, -0.2) is 49.1 Å². The van der Waals surface area contributed by atoms with E-state index in [-0.39, 0.29) is 42.3 Å². The molecule has 0 fully saturated rings. The maximum atomic E-state index is 12.3. The van der Waals surface area contributed by atoms with Crippen molar-refractivity contribution in [1.82, 2.24) is 20.3 Å². The van der Waals surface area contributed by atoms with E-state index in [9.17, 15) is 19.2 Å². The van der Waals surface area contributed by atoms with Gasteiger partial charge in [0.1, 0.15) is 11.7 Å². The molecule has 32 heavy (non-hydrogen) atoms. The number of nitrogens with one attached hydrogen (secondary N) is 3. The molecule has 1 amide bonds. The van der Waals surface area contributed by atoms with Crippen molar-refractivity contribution >= 4 is 47.2 Å². The molecular formula is C20H22ClN5O6. The number of carbonyl (C=O) groups excluding carboxylic acids is 1. The number of H-pyrrole nitrogens is 2. The Morgan fingerprint density at radius 2 is 1.81 bits per heavy atom. The van der Waals surface area contributed by atoms with Gasteiger partial charge in [0.25, 0.3) is 11.5 Å². The smallest absolute Gasteiger partial charge is 0.326 e. The van der Waals surface area contributed by atoms with Crippen LogP contribution in [0.3, 0.4) is 0 Å². The molecule has 11 nitrogen and oxygen atoms in total. The van der Waals surface area contributed by atoms with Crippen molar-refractivity contribution in [3.8, 4) is 0 Å². The average Bonchev–Trinajstić information content (AvgIpc) is 3.12. The van der Waals surface area contributed by atoms with E-state index < -0.39 is 23.9 Å². The number of halogens is 1. The second kappa shape index (κ2) is 10.4. The van der Waals surface area contributed by atoms with Gasteiger partial charge in [-0.15, -0.1) is 12.4 Å². The van der Waals surface area contributed by atoms with Gasteiger partial charge in [-0.05, 0) is 42.5 Å². The molecule has 7 N–H and O–H groups in total. The first-order chi connectivity index (χ1) is 14.7. The van der Waals surface area contributed by atoms with E-state index in [0.29, 0.717) is 23.9 Å². The van der Waals surface area contributed by atoms with Gasteiger partial charge < -0.3 is 26.2 Å². The highest BCUT2D eigenvalue weighted by molar-refractivity contribution is 5.96. The van der Waals surface area contributed by atoms with Crippen molar-refractivity contribution < 1.29 is 24.6 Å². The number of anilines is 1. The zero-order valence-corrected chi connectivity index (χ0v) is 17.6. The maximum absolute atomic E-state index is 12.3. The summed E-state index contributed by atoms with van der Waals surface area (Å²) >= 11 is 0. The van der Waals surface area contributed by atoms with Crippen LogP contribution in [0.4, 0.5) is 5.95 Å². The molecule has 0 unspecified atom stereocenters. The predicted octanol–water partition coefficient (Wildman–Crippen LogP) is 1.09. The van der Waals surface area contributed by atoms with Crippen LogP contribution in [-0.2, 0) is 22.4 Å². The van der Waals surface area contributed by atoms with E-state index in [0.717, 1.165) is 11.1 Å². The number of rotatable bonds is 9. The first-order valence-corrected chi connectivity index (χ1v) is 9.44. The van der Waals surface area contributed by atoms with Gasteiger partial charge in [-0.25, -0.2) is 4.79 Å². The molecule has 2 aromatic heterocycles. The molecule has 3 rings (SSSR count). The fourth-order valence-electron chi connectivity index (χ4n) is 3.19. The van der Waals surface area contributed by atoms with Crippen LogP contribution < -0.4 is 16.6 Å².